The fourth-order valence-corrected chi connectivity index (χ4v) is 2.61. The number of fused-ring (bicyclic) bond motifs is 1. The fourth-order valence-electron chi connectivity index (χ4n) is 2.61. The molecule has 0 saturated carbocycles. The summed E-state index contributed by atoms with van der Waals surface area (Å²) in [6.07, 6.45) is 0. The van der Waals surface area contributed by atoms with E-state index >= 15 is 0 Å². The SMILES string of the molecule is COc1cccc(C(C)NC2COc3ccccc32)c1. The molecule has 2 atom stereocenters. The third-order valence-electron chi connectivity index (χ3n) is 3.74. The smallest absolute Gasteiger partial charge is 0.124 e. The first-order valence-corrected chi connectivity index (χ1v) is 6.89. The van der Waals surface area contributed by atoms with Crippen molar-refractivity contribution in [3.63, 3.8) is 0 Å². The lowest BCUT2D eigenvalue weighted by Gasteiger charge is -2.19. The van der Waals surface area contributed by atoms with Crippen LogP contribution in [0.15, 0.2) is 48.5 Å². The van der Waals surface area contributed by atoms with E-state index in [4.69, 9.17) is 9.47 Å². The summed E-state index contributed by atoms with van der Waals surface area (Å²) in [5, 5.41) is 3.62. The number of methoxy groups -OCH3 is 1. The molecule has 0 amide bonds. The van der Waals surface area contributed by atoms with Gasteiger partial charge in [0.25, 0.3) is 0 Å². The highest BCUT2D eigenvalue weighted by molar-refractivity contribution is 5.39. The van der Waals surface area contributed by atoms with Gasteiger partial charge in [0.1, 0.15) is 18.1 Å². The van der Waals surface area contributed by atoms with E-state index in [1.54, 1.807) is 7.11 Å². The van der Waals surface area contributed by atoms with Crippen molar-refractivity contribution in [2.45, 2.75) is 19.0 Å². The fraction of sp³-hybridized carbons (Fsp3) is 0.294. The molecule has 20 heavy (non-hydrogen) atoms. The van der Waals surface area contributed by atoms with E-state index in [-0.39, 0.29) is 12.1 Å². The third kappa shape index (κ3) is 2.49. The summed E-state index contributed by atoms with van der Waals surface area (Å²) in [6.45, 7) is 2.85. The molecule has 0 radical (unpaired) electrons. The van der Waals surface area contributed by atoms with E-state index in [1.807, 2.05) is 24.3 Å². The molecule has 2 unspecified atom stereocenters. The van der Waals surface area contributed by atoms with Crippen LogP contribution < -0.4 is 14.8 Å². The highest BCUT2D eigenvalue weighted by Crippen LogP contribution is 2.33. The highest BCUT2D eigenvalue weighted by atomic mass is 16.5. The van der Waals surface area contributed by atoms with Gasteiger partial charge < -0.3 is 14.8 Å². The van der Waals surface area contributed by atoms with E-state index < -0.39 is 0 Å². The van der Waals surface area contributed by atoms with Crippen molar-refractivity contribution < 1.29 is 9.47 Å². The van der Waals surface area contributed by atoms with Gasteiger partial charge in [-0.3, -0.25) is 0 Å². The number of benzene rings is 2. The lowest BCUT2D eigenvalue weighted by atomic mass is 10.0. The molecular weight excluding hydrogens is 250 g/mol. The van der Waals surface area contributed by atoms with Crippen LogP contribution in [0.1, 0.15) is 30.1 Å². The van der Waals surface area contributed by atoms with Crippen LogP contribution in [0.5, 0.6) is 11.5 Å². The Bertz CT molecular complexity index is 597. The van der Waals surface area contributed by atoms with Gasteiger partial charge in [-0.15, -0.1) is 0 Å². The van der Waals surface area contributed by atoms with Crippen LogP contribution >= 0.6 is 0 Å². The lowest BCUT2D eigenvalue weighted by molar-refractivity contribution is 0.300. The zero-order valence-corrected chi connectivity index (χ0v) is 11.8. The van der Waals surface area contributed by atoms with Gasteiger partial charge in [-0.25, -0.2) is 0 Å². The Labute approximate surface area is 119 Å². The van der Waals surface area contributed by atoms with Crippen LogP contribution in [-0.4, -0.2) is 13.7 Å². The summed E-state index contributed by atoms with van der Waals surface area (Å²) in [6, 6.07) is 16.9. The van der Waals surface area contributed by atoms with Gasteiger partial charge in [-0.1, -0.05) is 30.3 Å². The molecule has 3 rings (SSSR count). The Morgan fingerprint density at radius 2 is 2.05 bits per heavy atom. The Balaban J connectivity index is 1.75. The summed E-state index contributed by atoms with van der Waals surface area (Å²) in [4.78, 5) is 0. The molecule has 1 aliphatic rings. The van der Waals surface area contributed by atoms with Crippen molar-refractivity contribution in [1.29, 1.82) is 0 Å². The standard InChI is InChI=1S/C17H19NO2/c1-12(13-6-5-7-14(10-13)19-2)18-16-11-20-17-9-4-3-8-15(16)17/h3-10,12,16,18H,11H2,1-2H3. The van der Waals surface area contributed by atoms with Gasteiger partial charge in [0.15, 0.2) is 0 Å². The third-order valence-corrected chi connectivity index (χ3v) is 3.74. The van der Waals surface area contributed by atoms with E-state index in [2.05, 4.69) is 36.5 Å². The zero-order valence-electron chi connectivity index (χ0n) is 11.8. The van der Waals surface area contributed by atoms with Crippen LogP contribution in [-0.2, 0) is 0 Å². The van der Waals surface area contributed by atoms with Gasteiger partial charge in [0, 0.05) is 11.6 Å². The normalized spacial score (nSPS) is 18.2. The van der Waals surface area contributed by atoms with E-state index in [0.29, 0.717) is 6.61 Å². The highest BCUT2D eigenvalue weighted by Gasteiger charge is 2.24. The molecule has 2 aromatic rings. The van der Waals surface area contributed by atoms with E-state index in [9.17, 15) is 0 Å². The molecule has 104 valence electrons. The molecule has 1 heterocycles. The van der Waals surface area contributed by atoms with Crippen LogP contribution in [0.25, 0.3) is 0 Å². The van der Waals surface area contributed by atoms with Crippen LogP contribution in [0.3, 0.4) is 0 Å². The van der Waals surface area contributed by atoms with Gasteiger partial charge in [-0.05, 0) is 30.7 Å². The predicted molar refractivity (Wildman–Crippen MR) is 79.2 cm³/mol. The van der Waals surface area contributed by atoms with E-state index in [0.717, 1.165) is 11.5 Å². The Morgan fingerprint density at radius 1 is 1.20 bits per heavy atom. The molecule has 3 nitrogen and oxygen atoms in total. The second-order valence-electron chi connectivity index (χ2n) is 5.07. The molecule has 2 aromatic carbocycles. The topological polar surface area (TPSA) is 30.5 Å². The Kier molecular flexibility index (Phi) is 3.61. The van der Waals surface area contributed by atoms with Gasteiger partial charge >= 0.3 is 0 Å². The summed E-state index contributed by atoms with van der Waals surface area (Å²) in [7, 11) is 1.69. The molecule has 0 aromatic heterocycles. The van der Waals surface area contributed by atoms with Gasteiger partial charge in [0.05, 0.1) is 13.2 Å². The second kappa shape index (κ2) is 5.55. The quantitative estimate of drug-likeness (QED) is 0.921. The number of para-hydroxylation sites is 1. The van der Waals surface area contributed by atoms with Gasteiger partial charge in [-0.2, -0.15) is 0 Å². The Morgan fingerprint density at radius 3 is 2.90 bits per heavy atom. The maximum atomic E-state index is 5.71. The molecule has 3 heteroatoms. The lowest BCUT2D eigenvalue weighted by Crippen LogP contribution is -2.25. The summed E-state index contributed by atoms with van der Waals surface area (Å²) in [5.41, 5.74) is 2.45. The maximum Gasteiger partial charge on any atom is 0.124 e. The second-order valence-corrected chi connectivity index (χ2v) is 5.07. The molecule has 0 bridgehead atoms. The number of hydrogen-bond acceptors (Lipinski definition) is 3. The molecule has 0 spiro atoms. The van der Waals surface area contributed by atoms with Crippen molar-refractivity contribution in [1.82, 2.24) is 5.32 Å². The molecule has 0 fully saturated rings. The number of ether oxygens (including phenoxy) is 2. The monoisotopic (exact) mass is 269 g/mol. The summed E-state index contributed by atoms with van der Waals surface area (Å²) < 4.78 is 11.0. The van der Waals surface area contributed by atoms with Crippen LogP contribution in [0, 0.1) is 0 Å². The molecule has 0 saturated heterocycles. The molecular formula is C17H19NO2. The molecule has 1 aliphatic heterocycles. The van der Waals surface area contributed by atoms with Crippen molar-refractivity contribution in [2.24, 2.45) is 0 Å². The maximum absolute atomic E-state index is 5.71. The number of rotatable bonds is 4. The first-order valence-electron chi connectivity index (χ1n) is 6.89. The zero-order chi connectivity index (χ0) is 13.9. The van der Waals surface area contributed by atoms with Crippen molar-refractivity contribution in [3.05, 3.63) is 59.7 Å². The van der Waals surface area contributed by atoms with Crippen LogP contribution in [0.2, 0.25) is 0 Å². The van der Waals surface area contributed by atoms with Crippen molar-refractivity contribution >= 4 is 0 Å². The van der Waals surface area contributed by atoms with Gasteiger partial charge in [0.2, 0.25) is 0 Å². The average Bonchev–Trinajstić information content (AvgIpc) is 2.90. The predicted octanol–water partition coefficient (Wildman–Crippen LogP) is 3.48. The minimum atomic E-state index is 0.241. The largest absolute Gasteiger partial charge is 0.497 e. The number of hydrogen-bond donors (Lipinski definition) is 1. The summed E-state index contributed by atoms with van der Waals surface area (Å²) >= 11 is 0. The van der Waals surface area contributed by atoms with Crippen molar-refractivity contribution in [3.8, 4) is 11.5 Å². The summed E-state index contributed by atoms with van der Waals surface area (Å²) in [5.74, 6) is 1.88. The molecule has 1 N–H and O–H groups in total. The first kappa shape index (κ1) is 13.0. The van der Waals surface area contributed by atoms with Crippen molar-refractivity contribution in [2.75, 3.05) is 13.7 Å². The first-order chi connectivity index (χ1) is 9.78. The van der Waals surface area contributed by atoms with E-state index in [1.165, 1.54) is 11.1 Å². The molecule has 0 aliphatic carbocycles. The Hall–Kier alpha value is -2.00. The number of nitrogens with one attached hydrogen (secondary N) is 1. The average molecular weight is 269 g/mol. The minimum absolute atomic E-state index is 0.241. The van der Waals surface area contributed by atoms with Crippen LogP contribution in [0.4, 0.5) is 0 Å². The minimum Gasteiger partial charge on any atom is -0.497 e.